The second kappa shape index (κ2) is 6.59. The molecule has 0 bridgehead atoms. The van der Waals surface area contributed by atoms with Crippen LogP contribution in [0.25, 0.3) is 0 Å². The summed E-state index contributed by atoms with van der Waals surface area (Å²) >= 11 is 0. The van der Waals surface area contributed by atoms with Crippen molar-refractivity contribution in [2.24, 2.45) is 0 Å². The molecule has 0 aromatic rings. The SMILES string of the molecule is CC(=O)O[C@H]1[C@H](OC(C)=O)C(OP(=O)(O)O)O[C@@H]1CF. The molecule has 0 amide bonds. The predicted molar refractivity (Wildman–Crippen MR) is 58.9 cm³/mol. The third-order valence-corrected chi connectivity index (χ3v) is 2.75. The van der Waals surface area contributed by atoms with E-state index in [4.69, 9.17) is 24.0 Å². The fraction of sp³-hybridized carbons (Fsp3) is 0.778. The van der Waals surface area contributed by atoms with Crippen LogP contribution in [0.15, 0.2) is 0 Å². The van der Waals surface area contributed by atoms with E-state index >= 15 is 0 Å². The standard InChI is InChI=1S/C9H14FO9P/c1-4(11)16-7-6(3-10)18-9(19-20(13,14)15)8(7)17-5(2)12/h6-9H,3H2,1-2H3,(H2,13,14,15)/t6-,7-,8+,9?/m1/s1. The minimum Gasteiger partial charge on any atom is -0.455 e. The molecule has 4 atom stereocenters. The van der Waals surface area contributed by atoms with E-state index in [2.05, 4.69) is 4.52 Å². The molecule has 2 N–H and O–H groups in total. The van der Waals surface area contributed by atoms with Gasteiger partial charge >= 0.3 is 19.8 Å². The molecule has 1 fully saturated rings. The molecule has 0 spiro atoms. The predicted octanol–water partition coefficient (Wildman–Crippen LogP) is -0.347. The lowest BCUT2D eigenvalue weighted by molar-refractivity contribution is -0.172. The van der Waals surface area contributed by atoms with Gasteiger partial charge in [0.05, 0.1) is 0 Å². The molecule has 1 rings (SSSR count). The highest BCUT2D eigenvalue weighted by Crippen LogP contribution is 2.42. The number of ether oxygens (including phenoxy) is 3. The van der Waals surface area contributed by atoms with Crippen LogP contribution >= 0.6 is 7.82 Å². The zero-order valence-corrected chi connectivity index (χ0v) is 11.5. The van der Waals surface area contributed by atoms with Gasteiger partial charge in [0.15, 0.2) is 12.2 Å². The number of phosphoric ester groups is 1. The number of alkyl halides is 1. The maximum Gasteiger partial charge on any atom is 0.472 e. The molecule has 116 valence electrons. The van der Waals surface area contributed by atoms with E-state index in [1.165, 1.54) is 0 Å². The van der Waals surface area contributed by atoms with Crippen LogP contribution in [0.3, 0.4) is 0 Å². The number of hydrogen-bond acceptors (Lipinski definition) is 7. The Morgan fingerprint density at radius 2 is 1.70 bits per heavy atom. The van der Waals surface area contributed by atoms with Crippen LogP contribution in [0, 0.1) is 0 Å². The average molecular weight is 316 g/mol. The highest BCUT2D eigenvalue weighted by Gasteiger charge is 2.51. The molecule has 0 aliphatic carbocycles. The van der Waals surface area contributed by atoms with Crippen molar-refractivity contribution in [1.29, 1.82) is 0 Å². The summed E-state index contributed by atoms with van der Waals surface area (Å²) in [5, 5.41) is 0. The van der Waals surface area contributed by atoms with Crippen LogP contribution in [0.2, 0.25) is 0 Å². The van der Waals surface area contributed by atoms with Crippen LogP contribution in [0.4, 0.5) is 4.39 Å². The van der Waals surface area contributed by atoms with Crippen molar-refractivity contribution in [1.82, 2.24) is 0 Å². The number of rotatable bonds is 5. The highest BCUT2D eigenvalue weighted by atomic mass is 31.2. The van der Waals surface area contributed by atoms with Crippen molar-refractivity contribution in [3.8, 4) is 0 Å². The normalized spacial score (nSPS) is 30.1. The number of esters is 2. The van der Waals surface area contributed by atoms with Gasteiger partial charge in [-0.25, -0.2) is 8.96 Å². The lowest BCUT2D eigenvalue weighted by atomic mass is 10.1. The third kappa shape index (κ3) is 4.80. The van der Waals surface area contributed by atoms with Gasteiger partial charge in [-0.1, -0.05) is 0 Å². The smallest absolute Gasteiger partial charge is 0.455 e. The molecule has 1 unspecified atom stereocenters. The molecule has 0 aromatic carbocycles. The molecule has 1 aliphatic heterocycles. The van der Waals surface area contributed by atoms with Crippen LogP contribution in [-0.4, -0.2) is 53.0 Å². The first kappa shape index (κ1) is 17.0. The monoisotopic (exact) mass is 316 g/mol. The summed E-state index contributed by atoms with van der Waals surface area (Å²) in [5.41, 5.74) is 0. The van der Waals surface area contributed by atoms with Gasteiger partial charge in [-0.2, -0.15) is 0 Å². The zero-order chi connectivity index (χ0) is 15.5. The minimum atomic E-state index is -4.97. The Morgan fingerprint density at radius 3 is 2.10 bits per heavy atom. The number of hydrogen-bond donors (Lipinski definition) is 2. The Hall–Kier alpha value is -1.06. The molecular formula is C9H14FO9P. The van der Waals surface area contributed by atoms with E-state index in [1.807, 2.05) is 0 Å². The van der Waals surface area contributed by atoms with Gasteiger partial charge in [-0.15, -0.1) is 0 Å². The van der Waals surface area contributed by atoms with Crippen molar-refractivity contribution in [2.75, 3.05) is 6.67 Å². The van der Waals surface area contributed by atoms with E-state index in [-0.39, 0.29) is 0 Å². The van der Waals surface area contributed by atoms with Gasteiger partial charge in [0.1, 0.15) is 12.8 Å². The van der Waals surface area contributed by atoms with E-state index < -0.39 is 51.0 Å². The topological polar surface area (TPSA) is 129 Å². The van der Waals surface area contributed by atoms with Crippen LogP contribution in [-0.2, 0) is 32.9 Å². The molecule has 1 aliphatic rings. The molecule has 20 heavy (non-hydrogen) atoms. The molecule has 0 aromatic heterocycles. The quantitative estimate of drug-likeness (QED) is 0.516. The maximum absolute atomic E-state index is 12.8. The van der Waals surface area contributed by atoms with Gasteiger partial charge in [0.25, 0.3) is 0 Å². The van der Waals surface area contributed by atoms with E-state index in [0.29, 0.717) is 0 Å². The molecule has 1 saturated heterocycles. The zero-order valence-electron chi connectivity index (χ0n) is 10.6. The summed E-state index contributed by atoms with van der Waals surface area (Å²) < 4.78 is 42.2. The second-order valence-electron chi connectivity index (χ2n) is 3.94. The summed E-state index contributed by atoms with van der Waals surface area (Å²) in [4.78, 5) is 39.4. The molecule has 0 saturated carbocycles. The fourth-order valence-electron chi connectivity index (χ4n) is 1.69. The van der Waals surface area contributed by atoms with E-state index in [9.17, 15) is 18.5 Å². The van der Waals surface area contributed by atoms with Gasteiger partial charge in [0.2, 0.25) is 6.29 Å². The third-order valence-electron chi connectivity index (χ3n) is 2.26. The summed E-state index contributed by atoms with van der Waals surface area (Å²) in [5.74, 6) is -1.64. The lowest BCUT2D eigenvalue weighted by Crippen LogP contribution is -2.40. The Labute approximate surface area is 113 Å². The van der Waals surface area contributed by atoms with Crippen LogP contribution in [0.1, 0.15) is 13.8 Å². The first-order valence-electron chi connectivity index (χ1n) is 5.44. The Bertz CT molecular complexity index is 422. The second-order valence-corrected chi connectivity index (χ2v) is 5.13. The molecule has 11 heteroatoms. The first-order chi connectivity index (χ1) is 9.14. The largest absolute Gasteiger partial charge is 0.472 e. The highest BCUT2D eigenvalue weighted by molar-refractivity contribution is 7.46. The summed E-state index contributed by atoms with van der Waals surface area (Å²) in [6.07, 6.45) is -5.95. The van der Waals surface area contributed by atoms with Crippen molar-refractivity contribution in [3.63, 3.8) is 0 Å². The number of carbonyl (C=O) groups excluding carboxylic acids is 2. The van der Waals surface area contributed by atoms with Gasteiger partial charge < -0.3 is 24.0 Å². The van der Waals surface area contributed by atoms with Crippen LogP contribution < -0.4 is 0 Å². The Kier molecular flexibility index (Phi) is 5.60. The van der Waals surface area contributed by atoms with Gasteiger partial charge in [0, 0.05) is 13.8 Å². The molecule has 1 heterocycles. The first-order valence-corrected chi connectivity index (χ1v) is 6.97. The van der Waals surface area contributed by atoms with Crippen molar-refractivity contribution in [3.05, 3.63) is 0 Å². The summed E-state index contributed by atoms with van der Waals surface area (Å²) in [6, 6.07) is 0. The van der Waals surface area contributed by atoms with E-state index in [1.54, 1.807) is 0 Å². The minimum absolute atomic E-state index is 0.800. The van der Waals surface area contributed by atoms with Gasteiger partial charge in [-0.3, -0.25) is 14.1 Å². The molecule has 9 nitrogen and oxygen atoms in total. The summed E-state index contributed by atoms with van der Waals surface area (Å²) in [6.45, 7) is 0.927. The fourth-order valence-corrected chi connectivity index (χ4v) is 2.13. The van der Waals surface area contributed by atoms with Crippen molar-refractivity contribution >= 4 is 19.8 Å². The average Bonchev–Trinajstić information content (AvgIpc) is 2.54. The number of carbonyl (C=O) groups is 2. The number of phosphoric acid groups is 1. The number of halogens is 1. The molecular weight excluding hydrogens is 302 g/mol. The van der Waals surface area contributed by atoms with Crippen molar-refractivity contribution < 1.29 is 47.1 Å². The van der Waals surface area contributed by atoms with Gasteiger partial charge in [-0.05, 0) is 0 Å². The molecule has 0 radical (unpaired) electrons. The van der Waals surface area contributed by atoms with E-state index in [0.717, 1.165) is 13.8 Å². The maximum atomic E-state index is 12.8. The lowest BCUT2D eigenvalue weighted by Gasteiger charge is -2.22. The van der Waals surface area contributed by atoms with Crippen molar-refractivity contribution in [2.45, 2.75) is 38.4 Å². The van der Waals surface area contributed by atoms with Crippen LogP contribution in [0.5, 0.6) is 0 Å². The summed E-state index contributed by atoms with van der Waals surface area (Å²) in [7, 11) is -4.97. The Morgan fingerprint density at radius 1 is 1.20 bits per heavy atom. The Balaban J connectivity index is 2.96.